The van der Waals surface area contributed by atoms with Crippen LogP contribution < -0.4 is 5.32 Å². The van der Waals surface area contributed by atoms with E-state index in [9.17, 15) is 4.79 Å². The van der Waals surface area contributed by atoms with Gasteiger partial charge < -0.3 is 10.2 Å². The van der Waals surface area contributed by atoms with E-state index in [0.29, 0.717) is 11.6 Å². The van der Waals surface area contributed by atoms with Crippen LogP contribution in [-0.2, 0) is 5.54 Å². The lowest BCUT2D eigenvalue weighted by Crippen LogP contribution is -2.52. The molecule has 2 rings (SSSR count). The van der Waals surface area contributed by atoms with Crippen molar-refractivity contribution in [2.24, 2.45) is 0 Å². The predicted octanol–water partition coefficient (Wildman–Crippen LogP) is 2.20. The summed E-state index contributed by atoms with van der Waals surface area (Å²) in [6.45, 7) is 15.2. The summed E-state index contributed by atoms with van der Waals surface area (Å²) in [6.07, 6.45) is 0. The molecule has 1 N–H and O–H groups in total. The third kappa shape index (κ3) is 3.28. The number of hydrogen-bond acceptors (Lipinski definition) is 3. The number of carbonyl (C=O) groups excluding carboxylic acids is 1. The number of aromatic nitrogens is 2. The fourth-order valence-corrected chi connectivity index (χ4v) is 2.74. The molecule has 1 atom stereocenters. The first-order chi connectivity index (χ1) is 9.71. The van der Waals surface area contributed by atoms with E-state index in [0.717, 1.165) is 25.3 Å². The smallest absolute Gasteiger partial charge is 0.274 e. The Morgan fingerprint density at radius 3 is 2.57 bits per heavy atom. The fourth-order valence-electron chi connectivity index (χ4n) is 2.74. The van der Waals surface area contributed by atoms with Crippen molar-refractivity contribution < 1.29 is 4.79 Å². The average Bonchev–Trinajstić information content (AvgIpc) is 2.83. The zero-order chi connectivity index (χ0) is 15.8. The lowest BCUT2D eigenvalue weighted by Gasteiger charge is -2.33. The molecule has 1 aliphatic rings. The Kier molecular flexibility index (Phi) is 4.42. The van der Waals surface area contributed by atoms with E-state index in [1.165, 1.54) is 0 Å². The van der Waals surface area contributed by atoms with Crippen molar-refractivity contribution >= 4 is 5.91 Å². The number of hydrogen-bond donors (Lipinski definition) is 1. The average molecular weight is 292 g/mol. The summed E-state index contributed by atoms with van der Waals surface area (Å²) in [5.74, 6) is 0.396. The summed E-state index contributed by atoms with van der Waals surface area (Å²) >= 11 is 0. The van der Waals surface area contributed by atoms with Gasteiger partial charge in [0.25, 0.3) is 5.91 Å². The van der Waals surface area contributed by atoms with E-state index in [2.05, 4.69) is 52.0 Å². The van der Waals surface area contributed by atoms with Gasteiger partial charge in [-0.1, -0.05) is 13.8 Å². The normalized spacial score (nSPS) is 20.1. The minimum Gasteiger partial charge on any atom is -0.332 e. The van der Waals surface area contributed by atoms with Crippen LogP contribution >= 0.6 is 0 Å². The molecule has 0 saturated carbocycles. The lowest BCUT2D eigenvalue weighted by molar-refractivity contribution is 0.0648. The maximum absolute atomic E-state index is 12.7. The molecule has 1 aromatic heterocycles. The van der Waals surface area contributed by atoms with Crippen LogP contribution in [0.4, 0.5) is 0 Å². The molecule has 1 saturated heterocycles. The Bertz CT molecular complexity index is 513. The third-order valence-electron chi connectivity index (χ3n) is 3.95. The van der Waals surface area contributed by atoms with Gasteiger partial charge in [-0.25, -0.2) is 0 Å². The van der Waals surface area contributed by atoms with Gasteiger partial charge in [-0.15, -0.1) is 0 Å². The second-order valence-electron chi connectivity index (χ2n) is 7.24. The van der Waals surface area contributed by atoms with Gasteiger partial charge in [0.15, 0.2) is 5.69 Å². The summed E-state index contributed by atoms with van der Waals surface area (Å²) in [7, 11) is 0. The first-order valence-electron chi connectivity index (χ1n) is 7.84. The third-order valence-corrected chi connectivity index (χ3v) is 3.95. The van der Waals surface area contributed by atoms with Crippen LogP contribution in [0, 0.1) is 0 Å². The van der Waals surface area contributed by atoms with Gasteiger partial charge in [-0.05, 0) is 39.7 Å². The van der Waals surface area contributed by atoms with E-state index < -0.39 is 0 Å². The first kappa shape index (κ1) is 16.0. The molecule has 0 aliphatic carbocycles. The molecule has 1 amide bonds. The minimum absolute atomic E-state index is 0.0499. The summed E-state index contributed by atoms with van der Waals surface area (Å²) in [5.41, 5.74) is 1.57. The minimum atomic E-state index is -0.118. The summed E-state index contributed by atoms with van der Waals surface area (Å²) < 4.78 is 2.00. The number of carbonyl (C=O) groups is 1. The molecule has 5 nitrogen and oxygen atoms in total. The van der Waals surface area contributed by atoms with Crippen molar-refractivity contribution in [3.05, 3.63) is 17.5 Å². The Balaban J connectivity index is 2.34. The number of nitrogens with one attached hydrogen (secondary N) is 1. The van der Waals surface area contributed by atoms with E-state index in [4.69, 9.17) is 0 Å². The van der Waals surface area contributed by atoms with Crippen molar-refractivity contribution in [3.8, 4) is 0 Å². The molecule has 0 unspecified atom stereocenters. The van der Waals surface area contributed by atoms with Gasteiger partial charge in [0.1, 0.15) is 0 Å². The zero-order valence-electron chi connectivity index (χ0n) is 14.1. The van der Waals surface area contributed by atoms with E-state index >= 15 is 0 Å². The van der Waals surface area contributed by atoms with Gasteiger partial charge >= 0.3 is 0 Å². The molecule has 21 heavy (non-hydrogen) atoms. The molecule has 0 spiro atoms. The van der Waals surface area contributed by atoms with Gasteiger partial charge in [0, 0.05) is 31.4 Å². The van der Waals surface area contributed by atoms with Crippen LogP contribution in [-0.4, -0.2) is 46.3 Å². The topological polar surface area (TPSA) is 50.2 Å². The zero-order valence-corrected chi connectivity index (χ0v) is 14.1. The Morgan fingerprint density at radius 1 is 1.43 bits per heavy atom. The van der Waals surface area contributed by atoms with E-state index in [-0.39, 0.29) is 17.5 Å². The van der Waals surface area contributed by atoms with Crippen LogP contribution in [0.1, 0.15) is 63.6 Å². The predicted molar refractivity (Wildman–Crippen MR) is 84.7 cm³/mol. The monoisotopic (exact) mass is 292 g/mol. The second-order valence-corrected chi connectivity index (χ2v) is 7.24. The molecule has 0 radical (unpaired) electrons. The van der Waals surface area contributed by atoms with Gasteiger partial charge in [0.2, 0.25) is 0 Å². The maximum atomic E-state index is 12.7. The van der Waals surface area contributed by atoms with Crippen molar-refractivity contribution in [1.82, 2.24) is 20.0 Å². The number of rotatable bonds is 2. The van der Waals surface area contributed by atoms with Crippen molar-refractivity contribution in [1.29, 1.82) is 0 Å². The summed E-state index contributed by atoms with van der Waals surface area (Å²) in [5, 5.41) is 7.93. The highest BCUT2D eigenvalue weighted by molar-refractivity contribution is 5.92. The number of amides is 1. The highest BCUT2D eigenvalue weighted by atomic mass is 16.2. The first-order valence-corrected chi connectivity index (χ1v) is 7.84. The molecule has 1 aromatic rings. The molecular formula is C16H28N4O. The molecule has 0 bridgehead atoms. The lowest BCUT2D eigenvalue weighted by atomic mass is 10.1. The maximum Gasteiger partial charge on any atom is 0.274 e. The fraction of sp³-hybridized carbons (Fsp3) is 0.750. The standard InChI is InChI=1S/C16H28N4O/c1-11(2)14-9-13(18-20(14)16(4,5)6)15(21)19-8-7-17-10-12(19)3/h9,11-12,17H,7-8,10H2,1-6H3/t12-/m0/s1. The molecule has 118 valence electrons. The quantitative estimate of drug-likeness (QED) is 0.909. The molecular weight excluding hydrogens is 264 g/mol. The van der Waals surface area contributed by atoms with Crippen LogP contribution in [0.25, 0.3) is 0 Å². The van der Waals surface area contributed by atoms with Gasteiger partial charge in [0.05, 0.1) is 5.54 Å². The second kappa shape index (κ2) is 5.79. The molecule has 1 fully saturated rings. The Hall–Kier alpha value is -1.36. The van der Waals surface area contributed by atoms with Crippen LogP contribution in [0.15, 0.2) is 6.07 Å². The van der Waals surface area contributed by atoms with Crippen LogP contribution in [0.3, 0.4) is 0 Å². The van der Waals surface area contributed by atoms with Crippen LogP contribution in [0.5, 0.6) is 0 Å². The molecule has 1 aliphatic heterocycles. The van der Waals surface area contributed by atoms with Gasteiger partial charge in [-0.2, -0.15) is 5.10 Å². The van der Waals surface area contributed by atoms with Crippen molar-refractivity contribution in [2.75, 3.05) is 19.6 Å². The summed E-state index contributed by atoms with van der Waals surface area (Å²) in [6, 6.07) is 2.18. The number of piperazine rings is 1. The van der Waals surface area contributed by atoms with E-state index in [1.807, 2.05) is 15.6 Å². The number of nitrogens with zero attached hydrogens (tertiary/aromatic N) is 3. The molecule has 5 heteroatoms. The van der Waals surface area contributed by atoms with Crippen molar-refractivity contribution in [2.45, 2.75) is 59.0 Å². The van der Waals surface area contributed by atoms with E-state index in [1.54, 1.807) is 0 Å². The highest BCUT2D eigenvalue weighted by Crippen LogP contribution is 2.24. The highest BCUT2D eigenvalue weighted by Gasteiger charge is 2.29. The SMILES string of the molecule is CC(C)c1cc(C(=O)N2CCNC[C@@H]2C)nn1C(C)(C)C. The van der Waals surface area contributed by atoms with Crippen LogP contribution in [0.2, 0.25) is 0 Å². The van der Waals surface area contributed by atoms with Gasteiger partial charge in [-0.3, -0.25) is 9.48 Å². The largest absolute Gasteiger partial charge is 0.332 e. The Morgan fingerprint density at radius 2 is 2.10 bits per heavy atom. The van der Waals surface area contributed by atoms with Crippen molar-refractivity contribution in [3.63, 3.8) is 0 Å². The Labute approximate surface area is 127 Å². The molecule has 0 aromatic carbocycles. The summed E-state index contributed by atoms with van der Waals surface area (Å²) in [4.78, 5) is 14.7. The molecule has 2 heterocycles.